The molecule has 0 saturated carbocycles. The Morgan fingerprint density at radius 2 is 1.94 bits per heavy atom. The van der Waals surface area contributed by atoms with Crippen molar-refractivity contribution in [2.75, 3.05) is 11.9 Å². The number of para-hydroxylation sites is 1. The second kappa shape index (κ2) is 8.56. The smallest absolute Gasteiger partial charge is 0.328 e. The van der Waals surface area contributed by atoms with Crippen LogP contribution in [0.1, 0.15) is 39.5 Å². The molecule has 3 nitrogen and oxygen atoms in total. The maximum Gasteiger partial charge on any atom is 0.328 e. The molecule has 0 amide bonds. The number of anilines is 1. The van der Waals surface area contributed by atoms with E-state index < -0.39 is 0 Å². The van der Waals surface area contributed by atoms with Crippen molar-refractivity contribution in [3.8, 4) is 0 Å². The lowest BCUT2D eigenvalue weighted by molar-refractivity contribution is -0.144. The molecule has 0 saturated heterocycles. The van der Waals surface area contributed by atoms with Crippen LogP contribution in [-0.4, -0.2) is 18.6 Å². The normalized spacial score (nSPS) is 11.9. The second-order valence-corrected chi connectivity index (χ2v) is 4.46. The van der Waals surface area contributed by atoms with Gasteiger partial charge in [-0.05, 0) is 25.5 Å². The third kappa shape index (κ3) is 5.71. The first-order valence-corrected chi connectivity index (χ1v) is 6.72. The van der Waals surface area contributed by atoms with Gasteiger partial charge in [-0.25, -0.2) is 4.79 Å². The highest BCUT2D eigenvalue weighted by molar-refractivity contribution is 5.78. The van der Waals surface area contributed by atoms with Crippen molar-refractivity contribution in [2.24, 2.45) is 0 Å². The molecule has 1 aromatic carbocycles. The summed E-state index contributed by atoms with van der Waals surface area (Å²) in [5.74, 6) is -0.185. The number of ether oxygens (including phenoxy) is 1. The van der Waals surface area contributed by atoms with Gasteiger partial charge in [0.15, 0.2) is 0 Å². The van der Waals surface area contributed by atoms with Gasteiger partial charge in [0.2, 0.25) is 0 Å². The molecule has 0 aromatic heterocycles. The standard InChI is InChI=1S/C15H23NO2/c1-3-4-5-9-12-18-15(17)13(2)16-14-10-7-6-8-11-14/h6-8,10-11,13,16H,3-5,9,12H2,1-2H3. The topological polar surface area (TPSA) is 38.3 Å². The van der Waals surface area contributed by atoms with Crippen LogP contribution in [0.15, 0.2) is 30.3 Å². The van der Waals surface area contributed by atoms with Crippen molar-refractivity contribution < 1.29 is 9.53 Å². The average Bonchev–Trinajstić information content (AvgIpc) is 2.39. The van der Waals surface area contributed by atoms with E-state index in [2.05, 4.69) is 12.2 Å². The zero-order chi connectivity index (χ0) is 13.2. The van der Waals surface area contributed by atoms with Gasteiger partial charge in [0, 0.05) is 5.69 Å². The lowest BCUT2D eigenvalue weighted by atomic mass is 10.2. The molecule has 100 valence electrons. The van der Waals surface area contributed by atoms with E-state index in [0.717, 1.165) is 18.5 Å². The first kappa shape index (κ1) is 14.6. The summed E-state index contributed by atoms with van der Waals surface area (Å²) in [6, 6.07) is 9.38. The summed E-state index contributed by atoms with van der Waals surface area (Å²) < 4.78 is 5.22. The van der Waals surface area contributed by atoms with Crippen LogP contribution in [0.5, 0.6) is 0 Å². The molecule has 0 heterocycles. The monoisotopic (exact) mass is 249 g/mol. The highest BCUT2D eigenvalue weighted by Crippen LogP contribution is 2.08. The largest absolute Gasteiger partial charge is 0.464 e. The van der Waals surface area contributed by atoms with E-state index in [-0.39, 0.29) is 12.0 Å². The summed E-state index contributed by atoms with van der Waals surface area (Å²) >= 11 is 0. The Morgan fingerprint density at radius 3 is 2.61 bits per heavy atom. The minimum Gasteiger partial charge on any atom is -0.464 e. The van der Waals surface area contributed by atoms with Crippen LogP contribution in [0, 0.1) is 0 Å². The summed E-state index contributed by atoms with van der Waals surface area (Å²) in [5.41, 5.74) is 0.938. The Balaban J connectivity index is 2.21. The van der Waals surface area contributed by atoms with Crippen molar-refractivity contribution in [1.29, 1.82) is 0 Å². The number of unbranched alkanes of at least 4 members (excludes halogenated alkanes) is 3. The number of hydrogen-bond donors (Lipinski definition) is 1. The maximum absolute atomic E-state index is 11.7. The van der Waals surface area contributed by atoms with Crippen molar-refractivity contribution in [3.05, 3.63) is 30.3 Å². The fraction of sp³-hybridized carbons (Fsp3) is 0.533. The minimum absolute atomic E-state index is 0.185. The molecule has 0 aliphatic carbocycles. The molecule has 1 N–H and O–H groups in total. The second-order valence-electron chi connectivity index (χ2n) is 4.46. The number of benzene rings is 1. The SMILES string of the molecule is CCCCCCOC(=O)C(C)Nc1ccccc1. The first-order chi connectivity index (χ1) is 8.74. The Bertz CT molecular complexity index is 338. The van der Waals surface area contributed by atoms with Crippen molar-refractivity contribution in [3.63, 3.8) is 0 Å². The Hall–Kier alpha value is -1.51. The van der Waals surface area contributed by atoms with Gasteiger partial charge in [-0.1, -0.05) is 44.4 Å². The molecule has 3 heteroatoms. The summed E-state index contributed by atoms with van der Waals surface area (Å²) in [7, 11) is 0. The van der Waals surface area contributed by atoms with Gasteiger partial charge in [-0.2, -0.15) is 0 Å². The third-order valence-electron chi connectivity index (χ3n) is 2.75. The van der Waals surface area contributed by atoms with Crippen molar-refractivity contribution in [2.45, 2.75) is 45.6 Å². The van der Waals surface area contributed by atoms with Crippen LogP contribution in [-0.2, 0) is 9.53 Å². The molecule has 0 aliphatic rings. The summed E-state index contributed by atoms with van der Waals surface area (Å²) in [6.45, 7) is 4.51. The van der Waals surface area contributed by atoms with E-state index in [1.54, 1.807) is 0 Å². The van der Waals surface area contributed by atoms with E-state index >= 15 is 0 Å². The molecule has 1 atom stereocenters. The van der Waals surface area contributed by atoms with Crippen LogP contribution in [0.2, 0.25) is 0 Å². The molecule has 1 unspecified atom stereocenters. The minimum atomic E-state index is -0.307. The predicted octanol–water partition coefficient (Wildman–Crippen LogP) is 3.61. The summed E-state index contributed by atoms with van der Waals surface area (Å²) in [6.07, 6.45) is 4.48. The van der Waals surface area contributed by atoms with Crippen molar-refractivity contribution in [1.82, 2.24) is 0 Å². The van der Waals surface area contributed by atoms with Crippen molar-refractivity contribution >= 4 is 11.7 Å². The first-order valence-electron chi connectivity index (χ1n) is 6.72. The fourth-order valence-corrected chi connectivity index (χ4v) is 1.67. The number of rotatable bonds is 8. The van der Waals surface area contributed by atoms with E-state index in [0.29, 0.717) is 6.61 Å². The molecule has 0 spiro atoms. The number of nitrogens with one attached hydrogen (secondary N) is 1. The lowest BCUT2D eigenvalue weighted by Gasteiger charge is -2.14. The number of esters is 1. The molecule has 0 bridgehead atoms. The number of carbonyl (C=O) groups excluding carboxylic acids is 1. The maximum atomic E-state index is 11.7. The van der Waals surface area contributed by atoms with Crippen LogP contribution in [0.3, 0.4) is 0 Å². The number of hydrogen-bond acceptors (Lipinski definition) is 3. The van der Waals surface area contributed by atoms with E-state index in [4.69, 9.17) is 4.74 Å². The lowest BCUT2D eigenvalue weighted by Crippen LogP contribution is -2.28. The van der Waals surface area contributed by atoms with Gasteiger partial charge in [-0.15, -0.1) is 0 Å². The molecule has 1 aromatic rings. The Labute approximate surface area is 110 Å². The highest BCUT2D eigenvalue weighted by atomic mass is 16.5. The number of carbonyl (C=O) groups is 1. The zero-order valence-electron chi connectivity index (χ0n) is 11.3. The molecular weight excluding hydrogens is 226 g/mol. The Morgan fingerprint density at radius 1 is 1.22 bits per heavy atom. The van der Waals surface area contributed by atoms with Gasteiger partial charge >= 0.3 is 5.97 Å². The van der Waals surface area contributed by atoms with Gasteiger partial charge in [-0.3, -0.25) is 0 Å². The zero-order valence-corrected chi connectivity index (χ0v) is 11.3. The quantitative estimate of drug-likeness (QED) is 0.565. The van der Waals surface area contributed by atoms with Gasteiger partial charge < -0.3 is 10.1 Å². The van der Waals surface area contributed by atoms with Crippen LogP contribution in [0.25, 0.3) is 0 Å². The molecule has 0 aliphatic heterocycles. The van der Waals surface area contributed by atoms with E-state index in [9.17, 15) is 4.79 Å². The molecule has 0 radical (unpaired) electrons. The molecule has 1 rings (SSSR count). The molecular formula is C15H23NO2. The van der Waals surface area contributed by atoms with E-state index in [1.165, 1.54) is 12.8 Å². The van der Waals surface area contributed by atoms with Crippen LogP contribution >= 0.6 is 0 Å². The van der Waals surface area contributed by atoms with Gasteiger partial charge in [0.05, 0.1) is 6.61 Å². The third-order valence-corrected chi connectivity index (χ3v) is 2.75. The molecule has 18 heavy (non-hydrogen) atoms. The Kier molecular flexibility index (Phi) is 6.92. The van der Waals surface area contributed by atoms with Gasteiger partial charge in [0.1, 0.15) is 6.04 Å². The van der Waals surface area contributed by atoms with Gasteiger partial charge in [0.25, 0.3) is 0 Å². The highest BCUT2D eigenvalue weighted by Gasteiger charge is 2.13. The summed E-state index contributed by atoms with van der Waals surface area (Å²) in [5, 5.41) is 3.12. The van der Waals surface area contributed by atoms with Crippen LogP contribution < -0.4 is 5.32 Å². The average molecular weight is 249 g/mol. The fourth-order valence-electron chi connectivity index (χ4n) is 1.67. The summed E-state index contributed by atoms with van der Waals surface area (Å²) in [4.78, 5) is 11.7. The van der Waals surface area contributed by atoms with Crippen LogP contribution in [0.4, 0.5) is 5.69 Å². The van der Waals surface area contributed by atoms with E-state index in [1.807, 2.05) is 37.3 Å². The molecule has 0 fully saturated rings. The predicted molar refractivity (Wildman–Crippen MR) is 74.6 cm³/mol.